The van der Waals surface area contributed by atoms with Crippen molar-refractivity contribution in [3.8, 4) is 0 Å². The monoisotopic (exact) mass is 297 g/mol. The Morgan fingerprint density at radius 1 is 1.19 bits per heavy atom. The summed E-state index contributed by atoms with van der Waals surface area (Å²) < 4.78 is 0. The van der Waals surface area contributed by atoms with Crippen molar-refractivity contribution in [2.24, 2.45) is 0 Å². The van der Waals surface area contributed by atoms with Crippen molar-refractivity contribution >= 4 is 5.91 Å². The number of hydrogen-bond acceptors (Lipinski definition) is 4. The summed E-state index contributed by atoms with van der Waals surface area (Å²) in [6.07, 6.45) is 4.26. The molecule has 0 saturated carbocycles. The van der Waals surface area contributed by atoms with Crippen LogP contribution in [0.5, 0.6) is 0 Å². The summed E-state index contributed by atoms with van der Waals surface area (Å²) in [6, 6.07) is 0.490. The summed E-state index contributed by atoms with van der Waals surface area (Å²) in [5.41, 5.74) is -1.58. The van der Waals surface area contributed by atoms with E-state index >= 15 is 0 Å². The Bertz CT molecular complexity index is 370. The lowest BCUT2D eigenvalue weighted by Gasteiger charge is -2.41. The number of piperidine rings is 1. The van der Waals surface area contributed by atoms with Crippen LogP contribution in [-0.2, 0) is 4.79 Å². The van der Waals surface area contributed by atoms with Gasteiger partial charge in [-0.2, -0.15) is 0 Å². The number of likely N-dealkylation sites (tertiary alicyclic amines) is 1. The molecule has 1 atom stereocenters. The first-order chi connectivity index (χ1) is 9.72. The molecule has 2 aliphatic rings. The second-order valence-electron chi connectivity index (χ2n) is 7.55. The third-order valence-electron chi connectivity index (χ3n) is 5.34. The molecule has 1 amide bonds. The predicted molar refractivity (Wildman–Crippen MR) is 84.1 cm³/mol. The lowest BCUT2D eigenvalue weighted by molar-refractivity contribution is -0.131. The van der Waals surface area contributed by atoms with Gasteiger partial charge in [0.1, 0.15) is 0 Å². The van der Waals surface area contributed by atoms with Crippen LogP contribution in [0.2, 0.25) is 0 Å². The molecule has 0 bridgehead atoms. The molecule has 2 heterocycles. The number of rotatable bonds is 4. The van der Waals surface area contributed by atoms with E-state index in [0.29, 0.717) is 6.04 Å². The van der Waals surface area contributed by atoms with E-state index < -0.39 is 11.1 Å². The molecule has 1 unspecified atom stereocenters. The SMILES string of the molecule is CC(C)(O)C(C)(C)NC(=O)C1CCCN1C1CCNCC1. The predicted octanol–water partition coefficient (Wildman–Crippen LogP) is 0.869. The molecule has 2 rings (SSSR count). The summed E-state index contributed by atoms with van der Waals surface area (Å²) in [5.74, 6) is 0.0677. The molecule has 21 heavy (non-hydrogen) atoms. The molecule has 0 spiro atoms. The smallest absolute Gasteiger partial charge is 0.237 e. The number of nitrogens with one attached hydrogen (secondary N) is 2. The molecule has 2 aliphatic heterocycles. The van der Waals surface area contributed by atoms with Crippen molar-refractivity contribution in [2.75, 3.05) is 19.6 Å². The third kappa shape index (κ3) is 3.76. The molecular formula is C16H31N3O2. The van der Waals surface area contributed by atoms with Crippen molar-refractivity contribution in [1.82, 2.24) is 15.5 Å². The van der Waals surface area contributed by atoms with Crippen LogP contribution in [0.1, 0.15) is 53.4 Å². The molecule has 0 radical (unpaired) electrons. The van der Waals surface area contributed by atoms with Gasteiger partial charge in [0.25, 0.3) is 0 Å². The van der Waals surface area contributed by atoms with Crippen molar-refractivity contribution < 1.29 is 9.90 Å². The molecule has 122 valence electrons. The molecule has 2 fully saturated rings. The topological polar surface area (TPSA) is 64.6 Å². The van der Waals surface area contributed by atoms with E-state index in [1.807, 2.05) is 13.8 Å². The normalized spacial score (nSPS) is 26.0. The second kappa shape index (κ2) is 6.23. The lowest BCUT2D eigenvalue weighted by atomic mass is 9.85. The minimum atomic E-state index is -0.944. The number of carbonyl (C=O) groups is 1. The van der Waals surface area contributed by atoms with Gasteiger partial charge in [-0.25, -0.2) is 0 Å². The number of carbonyl (C=O) groups excluding carboxylic acids is 1. The van der Waals surface area contributed by atoms with Crippen molar-refractivity contribution in [2.45, 2.75) is 76.6 Å². The maximum Gasteiger partial charge on any atom is 0.237 e. The van der Waals surface area contributed by atoms with Gasteiger partial charge in [-0.1, -0.05) is 0 Å². The standard InChI is InChI=1S/C16H31N3O2/c1-15(2,16(3,4)21)18-14(20)13-6-5-11-19(13)12-7-9-17-10-8-12/h12-13,17,21H,5-11H2,1-4H3,(H,18,20). The molecule has 0 aromatic carbocycles. The summed E-state index contributed by atoms with van der Waals surface area (Å²) in [4.78, 5) is 15.1. The molecule has 5 nitrogen and oxygen atoms in total. The maximum absolute atomic E-state index is 12.7. The van der Waals surface area contributed by atoms with Gasteiger partial charge in [0.2, 0.25) is 5.91 Å². The fourth-order valence-electron chi connectivity index (χ4n) is 3.19. The second-order valence-corrected chi connectivity index (χ2v) is 7.55. The van der Waals surface area contributed by atoms with Crippen molar-refractivity contribution in [3.63, 3.8) is 0 Å². The van der Waals surface area contributed by atoms with Gasteiger partial charge in [0, 0.05) is 6.04 Å². The summed E-state index contributed by atoms with van der Waals surface area (Å²) >= 11 is 0. The number of aliphatic hydroxyl groups is 1. The van der Waals surface area contributed by atoms with Gasteiger partial charge in [0.05, 0.1) is 17.2 Å². The fraction of sp³-hybridized carbons (Fsp3) is 0.938. The van der Waals surface area contributed by atoms with Crippen LogP contribution in [-0.4, -0.2) is 58.8 Å². The van der Waals surface area contributed by atoms with Crippen LogP contribution in [0.25, 0.3) is 0 Å². The van der Waals surface area contributed by atoms with E-state index in [1.54, 1.807) is 13.8 Å². The average molecular weight is 297 g/mol. The Morgan fingerprint density at radius 2 is 1.81 bits per heavy atom. The Morgan fingerprint density at radius 3 is 2.38 bits per heavy atom. The molecule has 5 heteroatoms. The van der Waals surface area contributed by atoms with Crippen LogP contribution in [0.4, 0.5) is 0 Å². The van der Waals surface area contributed by atoms with E-state index in [-0.39, 0.29) is 11.9 Å². The number of nitrogens with zero attached hydrogens (tertiary/aromatic N) is 1. The van der Waals surface area contributed by atoms with E-state index in [2.05, 4.69) is 15.5 Å². The zero-order valence-corrected chi connectivity index (χ0v) is 13.9. The highest BCUT2D eigenvalue weighted by molar-refractivity contribution is 5.83. The molecule has 0 aromatic rings. The Kier molecular flexibility index (Phi) is 4.96. The van der Waals surface area contributed by atoms with Crippen LogP contribution in [0.3, 0.4) is 0 Å². The minimum absolute atomic E-state index is 0.0327. The average Bonchev–Trinajstić information content (AvgIpc) is 2.87. The van der Waals surface area contributed by atoms with Gasteiger partial charge >= 0.3 is 0 Å². The summed E-state index contributed by atoms with van der Waals surface area (Å²) in [6.45, 7) is 10.4. The molecule has 0 aromatic heterocycles. The molecule has 2 saturated heterocycles. The van der Waals surface area contributed by atoms with Crippen LogP contribution < -0.4 is 10.6 Å². The quantitative estimate of drug-likeness (QED) is 0.720. The third-order valence-corrected chi connectivity index (χ3v) is 5.34. The Hall–Kier alpha value is -0.650. The van der Waals surface area contributed by atoms with Gasteiger partial charge in [-0.3, -0.25) is 9.69 Å². The van der Waals surface area contributed by atoms with Gasteiger partial charge in [-0.05, 0) is 73.0 Å². The maximum atomic E-state index is 12.7. The Labute approximate surface area is 128 Å². The van der Waals surface area contributed by atoms with Crippen LogP contribution in [0, 0.1) is 0 Å². The first-order valence-electron chi connectivity index (χ1n) is 8.23. The highest BCUT2D eigenvalue weighted by Crippen LogP contribution is 2.26. The van der Waals surface area contributed by atoms with Crippen molar-refractivity contribution in [1.29, 1.82) is 0 Å². The highest BCUT2D eigenvalue weighted by atomic mass is 16.3. The lowest BCUT2D eigenvalue weighted by Crippen LogP contribution is -2.61. The van der Waals surface area contributed by atoms with E-state index in [4.69, 9.17) is 0 Å². The van der Waals surface area contributed by atoms with E-state index in [0.717, 1.165) is 45.3 Å². The first-order valence-corrected chi connectivity index (χ1v) is 8.23. The van der Waals surface area contributed by atoms with E-state index in [1.165, 1.54) is 0 Å². The summed E-state index contributed by atoms with van der Waals surface area (Å²) in [5, 5.41) is 16.7. The largest absolute Gasteiger partial charge is 0.388 e. The zero-order chi connectivity index (χ0) is 15.7. The molecular weight excluding hydrogens is 266 g/mol. The highest BCUT2D eigenvalue weighted by Gasteiger charge is 2.41. The zero-order valence-electron chi connectivity index (χ0n) is 13.9. The summed E-state index contributed by atoms with van der Waals surface area (Å²) in [7, 11) is 0. The first kappa shape index (κ1) is 16.7. The minimum Gasteiger partial charge on any atom is -0.388 e. The molecule has 3 N–H and O–H groups in total. The Balaban J connectivity index is 2.00. The number of hydrogen-bond donors (Lipinski definition) is 3. The van der Waals surface area contributed by atoms with Crippen LogP contribution >= 0.6 is 0 Å². The van der Waals surface area contributed by atoms with Gasteiger partial charge in [0.15, 0.2) is 0 Å². The number of amides is 1. The fourth-order valence-corrected chi connectivity index (χ4v) is 3.19. The van der Waals surface area contributed by atoms with Gasteiger partial charge in [-0.15, -0.1) is 0 Å². The molecule has 0 aliphatic carbocycles. The van der Waals surface area contributed by atoms with E-state index in [9.17, 15) is 9.90 Å². The van der Waals surface area contributed by atoms with Gasteiger partial charge < -0.3 is 15.7 Å². The van der Waals surface area contributed by atoms with Crippen LogP contribution in [0.15, 0.2) is 0 Å². The van der Waals surface area contributed by atoms with Crippen molar-refractivity contribution in [3.05, 3.63) is 0 Å².